The van der Waals surface area contributed by atoms with Crippen LogP contribution in [0.5, 0.6) is 0 Å². The van der Waals surface area contributed by atoms with Crippen molar-refractivity contribution in [2.45, 2.75) is 27.2 Å². The second-order valence-electron chi connectivity index (χ2n) is 6.86. The van der Waals surface area contributed by atoms with Crippen molar-refractivity contribution in [2.24, 2.45) is 5.92 Å². The summed E-state index contributed by atoms with van der Waals surface area (Å²) in [6, 6.07) is 8.80. The van der Waals surface area contributed by atoms with Crippen molar-refractivity contribution in [2.75, 3.05) is 5.32 Å². The molecule has 27 heavy (non-hydrogen) atoms. The number of anilines is 2. The smallest absolute Gasteiger partial charge is 0.227 e. The molecule has 3 aromatic rings. The average molecular weight is 364 g/mol. The van der Waals surface area contributed by atoms with E-state index in [0.29, 0.717) is 11.9 Å². The van der Waals surface area contributed by atoms with Crippen LogP contribution >= 0.6 is 0 Å². The van der Waals surface area contributed by atoms with Crippen LogP contribution in [0, 0.1) is 18.8 Å². The molecule has 0 unspecified atom stereocenters. The average Bonchev–Trinajstić information content (AvgIpc) is 2.63. The van der Waals surface area contributed by atoms with E-state index in [-0.39, 0.29) is 16.9 Å². The monoisotopic (exact) mass is 364 g/mol. The standard InChI is InChI=1S/C21H21FN4O/c1-13(2)8-15-4-5-18(14(3)9-15)26-21-24-11-17(12-25-21)20(27)16-6-7-23-19(22)10-16/h4-7,9-13H,8H2,1-3H3,(H,24,25,26). The molecule has 0 atom stereocenters. The predicted molar refractivity (Wildman–Crippen MR) is 103 cm³/mol. The molecular formula is C21H21FN4O. The summed E-state index contributed by atoms with van der Waals surface area (Å²) >= 11 is 0. The van der Waals surface area contributed by atoms with Crippen LogP contribution in [0.3, 0.4) is 0 Å². The van der Waals surface area contributed by atoms with E-state index in [1.54, 1.807) is 0 Å². The van der Waals surface area contributed by atoms with Gasteiger partial charge in [-0.05, 0) is 42.5 Å². The first-order valence-corrected chi connectivity index (χ1v) is 8.77. The Bertz CT molecular complexity index is 955. The molecule has 2 aromatic heterocycles. The third-order valence-electron chi connectivity index (χ3n) is 4.08. The van der Waals surface area contributed by atoms with E-state index in [1.807, 2.05) is 13.0 Å². The fourth-order valence-corrected chi connectivity index (χ4v) is 2.81. The minimum Gasteiger partial charge on any atom is -0.324 e. The van der Waals surface area contributed by atoms with Crippen LogP contribution in [-0.4, -0.2) is 20.7 Å². The molecule has 3 rings (SSSR count). The fraction of sp³-hybridized carbons (Fsp3) is 0.238. The Hall–Kier alpha value is -3.15. The van der Waals surface area contributed by atoms with E-state index in [1.165, 1.54) is 30.2 Å². The molecule has 0 aliphatic rings. The van der Waals surface area contributed by atoms with Gasteiger partial charge in [0.1, 0.15) is 0 Å². The number of carbonyl (C=O) groups is 1. The van der Waals surface area contributed by atoms with Gasteiger partial charge in [-0.25, -0.2) is 15.0 Å². The number of rotatable bonds is 6. The predicted octanol–water partition coefficient (Wildman–Crippen LogP) is 4.49. The molecule has 0 aliphatic heterocycles. The summed E-state index contributed by atoms with van der Waals surface area (Å²) in [5.74, 6) is -0.0498. The van der Waals surface area contributed by atoms with E-state index < -0.39 is 5.95 Å². The van der Waals surface area contributed by atoms with Crippen LogP contribution in [0.25, 0.3) is 0 Å². The maximum absolute atomic E-state index is 13.2. The third-order valence-corrected chi connectivity index (χ3v) is 4.08. The largest absolute Gasteiger partial charge is 0.324 e. The summed E-state index contributed by atoms with van der Waals surface area (Å²) in [7, 11) is 0. The van der Waals surface area contributed by atoms with Crippen LogP contribution in [0.2, 0.25) is 0 Å². The van der Waals surface area contributed by atoms with Crippen LogP contribution in [0.15, 0.2) is 48.9 Å². The molecule has 0 spiro atoms. The number of hydrogen-bond donors (Lipinski definition) is 1. The van der Waals surface area contributed by atoms with Gasteiger partial charge in [0.15, 0.2) is 5.78 Å². The Balaban J connectivity index is 1.73. The fourth-order valence-electron chi connectivity index (χ4n) is 2.81. The van der Waals surface area contributed by atoms with Crippen LogP contribution in [0.4, 0.5) is 16.0 Å². The lowest BCUT2D eigenvalue weighted by atomic mass is 10.0. The zero-order valence-corrected chi connectivity index (χ0v) is 15.5. The lowest BCUT2D eigenvalue weighted by Crippen LogP contribution is -2.06. The van der Waals surface area contributed by atoms with Crippen LogP contribution < -0.4 is 5.32 Å². The van der Waals surface area contributed by atoms with Crippen molar-refractivity contribution in [3.8, 4) is 0 Å². The van der Waals surface area contributed by atoms with Gasteiger partial charge >= 0.3 is 0 Å². The van der Waals surface area contributed by atoms with E-state index in [2.05, 4.69) is 46.2 Å². The van der Waals surface area contributed by atoms with Crippen molar-refractivity contribution < 1.29 is 9.18 Å². The maximum atomic E-state index is 13.2. The Kier molecular flexibility index (Phi) is 5.54. The van der Waals surface area contributed by atoms with Crippen molar-refractivity contribution in [3.63, 3.8) is 0 Å². The lowest BCUT2D eigenvalue weighted by molar-refractivity contribution is 0.103. The normalized spacial score (nSPS) is 10.9. The highest BCUT2D eigenvalue weighted by Crippen LogP contribution is 2.21. The number of ketones is 1. The van der Waals surface area contributed by atoms with Crippen molar-refractivity contribution in [3.05, 3.63) is 77.1 Å². The molecule has 1 aromatic carbocycles. The Labute approximate surface area is 157 Å². The molecular weight excluding hydrogens is 343 g/mol. The number of aromatic nitrogens is 3. The minimum atomic E-state index is -0.698. The molecule has 0 radical (unpaired) electrons. The maximum Gasteiger partial charge on any atom is 0.227 e. The van der Waals surface area contributed by atoms with Crippen LogP contribution in [-0.2, 0) is 6.42 Å². The van der Waals surface area contributed by atoms with E-state index >= 15 is 0 Å². The van der Waals surface area contributed by atoms with Gasteiger partial charge in [-0.1, -0.05) is 26.0 Å². The summed E-state index contributed by atoms with van der Waals surface area (Å²) in [5, 5.41) is 3.16. The summed E-state index contributed by atoms with van der Waals surface area (Å²) in [6.45, 7) is 6.42. The van der Waals surface area contributed by atoms with Gasteiger partial charge in [-0.15, -0.1) is 0 Å². The topological polar surface area (TPSA) is 67.8 Å². The molecule has 6 heteroatoms. The number of pyridine rings is 1. The zero-order chi connectivity index (χ0) is 19.4. The number of nitrogens with one attached hydrogen (secondary N) is 1. The molecule has 0 saturated heterocycles. The number of hydrogen-bond acceptors (Lipinski definition) is 5. The number of nitrogens with zero attached hydrogens (tertiary/aromatic N) is 3. The molecule has 5 nitrogen and oxygen atoms in total. The Morgan fingerprint density at radius 2 is 1.81 bits per heavy atom. The van der Waals surface area contributed by atoms with Crippen molar-refractivity contribution >= 4 is 17.4 Å². The van der Waals surface area contributed by atoms with Gasteiger partial charge in [0.25, 0.3) is 0 Å². The summed E-state index contributed by atoms with van der Waals surface area (Å²) < 4.78 is 13.2. The van der Waals surface area contributed by atoms with Gasteiger partial charge in [0, 0.05) is 35.9 Å². The summed E-state index contributed by atoms with van der Waals surface area (Å²) in [6.07, 6.45) is 5.14. The SMILES string of the molecule is Cc1cc(CC(C)C)ccc1Nc1ncc(C(=O)c2ccnc(F)c2)cn1. The van der Waals surface area contributed by atoms with E-state index in [4.69, 9.17) is 0 Å². The van der Waals surface area contributed by atoms with E-state index in [0.717, 1.165) is 23.7 Å². The summed E-state index contributed by atoms with van der Waals surface area (Å²) in [4.78, 5) is 24.2. The molecule has 0 aliphatic carbocycles. The number of carbonyl (C=O) groups excluding carboxylic acids is 1. The lowest BCUT2D eigenvalue weighted by Gasteiger charge is -2.11. The first-order valence-electron chi connectivity index (χ1n) is 8.77. The van der Waals surface area contributed by atoms with Gasteiger partial charge < -0.3 is 5.32 Å². The summed E-state index contributed by atoms with van der Waals surface area (Å²) in [5.41, 5.74) is 3.81. The minimum absolute atomic E-state index is 0.211. The highest BCUT2D eigenvalue weighted by Gasteiger charge is 2.12. The second kappa shape index (κ2) is 8.03. The Morgan fingerprint density at radius 3 is 2.44 bits per heavy atom. The van der Waals surface area contributed by atoms with Crippen molar-refractivity contribution in [1.29, 1.82) is 0 Å². The molecule has 1 N–H and O–H groups in total. The van der Waals surface area contributed by atoms with E-state index in [9.17, 15) is 9.18 Å². The van der Waals surface area contributed by atoms with Gasteiger partial charge in [0.05, 0.1) is 5.56 Å². The van der Waals surface area contributed by atoms with Gasteiger partial charge in [0.2, 0.25) is 11.9 Å². The first-order chi connectivity index (χ1) is 12.9. The second-order valence-corrected chi connectivity index (χ2v) is 6.86. The van der Waals surface area contributed by atoms with Crippen LogP contribution in [0.1, 0.15) is 40.9 Å². The number of halogens is 1. The van der Waals surface area contributed by atoms with Crippen molar-refractivity contribution in [1.82, 2.24) is 15.0 Å². The molecule has 0 amide bonds. The Morgan fingerprint density at radius 1 is 1.07 bits per heavy atom. The first kappa shape index (κ1) is 18.6. The number of benzene rings is 1. The highest BCUT2D eigenvalue weighted by atomic mass is 19.1. The van der Waals surface area contributed by atoms with Gasteiger partial charge in [-0.2, -0.15) is 4.39 Å². The van der Waals surface area contributed by atoms with Gasteiger partial charge in [-0.3, -0.25) is 4.79 Å². The number of aryl methyl sites for hydroxylation is 1. The molecule has 138 valence electrons. The third kappa shape index (κ3) is 4.73. The molecule has 0 fully saturated rings. The zero-order valence-electron chi connectivity index (χ0n) is 15.5. The highest BCUT2D eigenvalue weighted by molar-refractivity contribution is 6.08. The quantitative estimate of drug-likeness (QED) is 0.515. The molecule has 0 saturated carbocycles. The molecule has 0 bridgehead atoms. The molecule has 2 heterocycles.